The zero-order valence-electron chi connectivity index (χ0n) is 19.5. The summed E-state index contributed by atoms with van der Waals surface area (Å²) >= 11 is 0. The number of carbonyl (C=O) groups excluding carboxylic acids is 1. The zero-order valence-corrected chi connectivity index (χ0v) is 19.5. The molecule has 1 atom stereocenters. The average Bonchev–Trinajstić information content (AvgIpc) is 2.83. The number of amides is 1. The second-order valence-electron chi connectivity index (χ2n) is 8.20. The molecule has 33 heavy (non-hydrogen) atoms. The molecule has 0 saturated carbocycles. The lowest BCUT2D eigenvalue weighted by Crippen LogP contribution is -2.39. The van der Waals surface area contributed by atoms with Crippen molar-refractivity contribution in [3.05, 3.63) is 65.2 Å². The zero-order chi connectivity index (χ0) is 23.4. The molecule has 8 heteroatoms. The number of carbonyl (C=O) groups is 1. The standard InChI is InChI=1S/C25H29N5O3/c1-16-13-17(2)28-25(27-16)29-19-10-11-20(26-14-19)18-7-6-12-30(15-18)24(31)23-21(32-3)8-5-9-22(23)33-4/h5,8-11,13-14,18H,6-7,12,15H2,1-4H3,(H,27,28,29)/t18-/m1/s1. The van der Waals surface area contributed by atoms with E-state index in [1.807, 2.05) is 43.0 Å². The van der Waals surface area contributed by atoms with Crippen molar-refractivity contribution in [3.63, 3.8) is 0 Å². The summed E-state index contributed by atoms with van der Waals surface area (Å²) in [5.74, 6) is 1.67. The maximum atomic E-state index is 13.4. The molecule has 1 aliphatic rings. The molecule has 1 N–H and O–H groups in total. The Morgan fingerprint density at radius 2 is 1.76 bits per heavy atom. The van der Waals surface area contributed by atoms with Gasteiger partial charge in [-0.3, -0.25) is 9.78 Å². The van der Waals surface area contributed by atoms with E-state index in [4.69, 9.17) is 9.47 Å². The highest BCUT2D eigenvalue weighted by Gasteiger charge is 2.29. The molecule has 0 bridgehead atoms. The number of methoxy groups -OCH3 is 2. The maximum Gasteiger partial charge on any atom is 0.261 e. The summed E-state index contributed by atoms with van der Waals surface area (Å²) in [5, 5.41) is 3.21. The summed E-state index contributed by atoms with van der Waals surface area (Å²) in [6, 6.07) is 11.3. The molecule has 0 radical (unpaired) electrons. The first-order valence-corrected chi connectivity index (χ1v) is 11.0. The van der Waals surface area contributed by atoms with E-state index in [0.29, 0.717) is 36.1 Å². The number of nitrogens with one attached hydrogen (secondary N) is 1. The van der Waals surface area contributed by atoms with Gasteiger partial charge in [-0.25, -0.2) is 9.97 Å². The van der Waals surface area contributed by atoms with E-state index in [2.05, 4.69) is 20.3 Å². The highest BCUT2D eigenvalue weighted by atomic mass is 16.5. The fourth-order valence-electron chi connectivity index (χ4n) is 4.25. The van der Waals surface area contributed by atoms with Crippen LogP contribution in [-0.2, 0) is 0 Å². The molecule has 3 heterocycles. The summed E-state index contributed by atoms with van der Waals surface area (Å²) in [4.78, 5) is 28.7. The predicted molar refractivity (Wildman–Crippen MR) is 126 cm³/mol. The lowest BCUT2D eigenvalue weighted by atomic mass is 9.93. The number of piperidine rings is 1. The van der Waals surface area contributed by atoms with Gasteiger partial charge in [0.15, 0.2) is 0 Å². The van der Waals surface area contributed by atoms with Crippen LogP contribution in [0.2, 0.25) is 0 Å². The van der Waals surface area contributed by atoms with Gasteiger partial charge in [0.1, 0.15) is 17.1 Å². The normalized spacial score (nSPS) is 15.8. The van der Waals surface area contributed by atoms with Crippen molar-refractivity contribution in [2.24, 2.45) is 0 Å². The van der Waals surface area contributed by atoms with Gasteiger partial charge in [-0.15, -0.1) is 0 Å². The van der Waals surface area contributed by atoms with Crippen LogP contribution < -0.4 is 14.8 Å². The van der Waals surface area contributed by atoms with Crippen LogP contribution in [0.5, 0.6) is 11.5 Å². The number of hydrogen-bond donors (Lipinski definition) is 1. The minimum absolute atomic E-state index is 0.0840. The Balaban J connectivity index is 1.48. The number of hydrogen-bond acceptors (Lipinski definition) is 7. The van der Waals surface area contributed by atoms with E-state index in [9.17, 15) is 4.79 Å². The van der Waals surface area contributed by atoms with E-state index < -0.39 is 0 Å². The smallest absolute Gasteiger partial charge is 0.261 e. The third kappa shape index (κ3) is 5.05. The van der Waals surface area contributed by atoms with E-state index >= 15 is 0 Å². The van der Waals surface area contributed by atoms with Crippen molar-refractivity contribution >= 4 is 17.5 Å². The van der Waals surface area contributed by atoms with Crippen molar-refractivity contribution in [1.82, 2.24) is 19.9 Å². The molecule has 1 aliphatic heterocycles. The first-order valence-electron chi connectivity index (χ1n) is 11.0. The van der Waals surface area contributed by atoms with Gasteiger partial charge in [0.05, 0.1) is 26.1 Å². The van der Waals surface area contributed by atoms with Crippen LogP contribution in [0.25, 0.3) is 0 Å². The average molecular weight is 448 g/mol. The topological polar surface area (TPSA) is 89.5 Å². The molecule has 1 amide bonds. The monoisotopic (exact) mass is 447 g/mol. The molecular weight excluding hydrogens is 418 g/mol. The third-order valence-electron chi connectivity index (χ3n) is 5.79. The number of benzene rings is 1. The fraction of sp³-hybridized carbons (Fsp3) is 0.360. The number of rotatable bonds is 6. The Labute approximate surface area is 194 Å². The second kappa shape index (κ2) is 9.85. The number of aryl methyl sites for hydroxylation is 2. The van der Waals surface area contributed by atoms with Crippen LogP contribution in [0.1, 0.15) is 46.2 Å². The lowest BCUT2D eigenvalue weighted by Gasteiger charge is -2.33. The summed E-state index contributed by atoms with van der Waals surface area (Å²) < 4.78 is 10.9. The number of nitrogens with zero attached hydrogens (tertiary/aromatic N) is 4. The quantitative estimate of drug-likeness (QED) is 0.604. The first kappa shape index (κ1) is 22.5. The molecule has 0 aliphatic carbocycles. The molecule has 2 aromatic heterocycles. The van der Waals surface area contributed by atoms with Crippen molar-refractivity contribution in [2.75, 3.05) is 32.6 Å². The van der Waals surface area contributed by atoms with Gasteiger partial charge in [-0.05, 0) is 57.0 Å². The number of anilines is 2. The van der Waals surface area contributed by atoms with Crippen LogP contribution in [0.4, 0.5) is 11.6 Å². The SMILES string of the molecule is COc1cccc(OC)c1C(=O)N1CCC[C@@H](c2ccc(Nc3nc(C)cc(C)n3)cn2)C1. The maximum absolute atomic E-state index is 13.4. The minimum Gasteiger partial charge on any atom is -0.496 e. The van der Waals surface area contributed by atoms with Crippen molar-refractivity contribution in [3.8, 4) is 11.5 Å². The number of ether oxygens (including phenoxy) is 2. The molecule has 3 aromatic rings. The van der Waals surface area contributed by atoms with Gasteiger partial charge >= 0.3 is 0 Å². The van der Waals surface area contributed by atoms with Crippen LogP contribution in [0.15, 0.2) is 42.6 Å². The highest BCUT2D eigenvalue weighted by molar-refractivity contribution is 5.99. The number of aromatic nitrogens is 3. The van der Waals surface area contributed by atoms with Crippen molar-refractivity contribution in [1.29, 1.82) is 0 Å². The van der Waals surface area contributed by atoms with Crippen LogP contribution in [-0.4, -0.2) is 53.1 Å². The summed E-state index contributed by atoms with van der Waals surface area (Å²) in [6.45, 7) is 5.18. The van der Waals surface area contributed by atoms with Crippen molar-refractivity contribution < 1.29 is 14.3 Å². The molecule has 1 fully saturated rings. The Morgan fingerprint density at radius 1 is 1.06 bits per heavy atom. The van der Waals surface area contributed by atoms with Gasteiger partial charge in [0.25, 0.3) is 5.91 Å². The summed E-state index contributed by atoms with van der Waals surface area (Å²) in [6.07, 6.45) is 3.68. The van der Waals surface area contributed by atoms with E-state index in [1.165, 1.54) is 0 Å². The highest BCUT2D eigenvalue weighted by Crippen LogP contribution is 2.33. The Bertz CT molecular complexity index is 1090. The molecule has 1 saturated heterocycles. The molecule has 172 valence electrons. The van der Waals surface area contributed by atoms with Crippen LogP contribution in [0.3, 0.4) is 0 Å². The van der Waals surface area contributed by atoms with Gasteiger partial charge < -0.3 is 19.7 Å². The lowest BCUT2D eigenvalue weighted by molar-refractivity contribution is 0.0699. The third-order valence-corrected chi connectivity index (χ3v) is 5.79. The van der Waals surface area contributed by atoms with Crippen molar-refractivity contribution in [2.45, 2.75) is 32.6 Å². The largest absolute Gasteiger partial charge is 0.496 e. The fourth-order valence-corrected chi connectivity index (χ4v) is 4.25. The molecule has 0 unspecified atom stereocenters. The first-order chi connectivity index (χ1) is 16.0. The molecule has 1 aromatic carbocycles. The number of likely N-dealkylation sites (tertiary alicyclic amines) is 1. The van der Waals surface area contributed by atoms with Gasteiger partial charge in [0, 0.05) is 36.1 Å². The van der Waals surface area contributed by atoms with Gasteiger partial charge in [-0.2, -0.15) is 0 Å². The van der Waals surface area contributed by atoms with Crippen LogP contribution >= 0.6 is 0 Å². The Kier molecular flexibility index (Phi) is 6.72. The van der Waals surface area contributed by atoms with Gasteiger partial charge in [-0.1, -0.05) is 6.07 Å². The minimum atomic E-state index is -0.0840. The predicted octanol–water partition coefficient (Wildman–Crippen LogP) is 4.27. The van der Waals surface area contributed by atoms with E-state index in [1.54, 1.807) is 32.5 Å². The molecular formula is C25H29N5O3. The second-order valence-corrected chi connectivity index (χ2v) is 8.20. The number of pyridine rings is 1. The summed E-state index contributed by atoms with van der Waals surface area (Å²) in [5.41, 5.74) is 4.07. The van der Waals surface area contributed by atoms with E-state index in [0.717, 1.165) is 35.6 Å². The summed E-state index contributed by atoms with van der Waals surface area (Å²) in [7, 11) is 3.13. The molecule has 8 nitrogen and oxygen atoms in total. The molecule has 4 rings (SSSR count). The molecule has 0 spiro atoms. The van der Waals surface area contributed by atoms with E-state index in [-0.39, 0.29) is 11.8 Å². The van der Waals surface area contributed by atoms with Gasteiger partial charge in [0.2, 0.25) is 5.95 Å². The Hall–Kier alpha value is -3.68. The van der Waals surface area contributed by atoms with Crippen LogP contribution in [0, 0.1) is 13.8 Å². The Morgan fingerprint density at radius 3 is 2.36 bits per heavy atom.